The molecule has 1 heterocycles. The Kier molecular flexibility index (Phi) is 8.70. The van der Waals surface area contributed by atoms with E-state index in [1.807, 2.05) is 38.1 Å². The van der Waals surface area contributed by atoms with Crippen LogP contribution in [0.5, 0.6) is 5.75 Å². The highest BCUT2D eigenvalue weighted by molar-refractivity contribution is 6.32. The number of carbonyl (C=O) groups is 1. The van der Waals surface area contributed by atoms with Crippen LogP contribution in [0.25, 0.3) is 0 Å². The molecule has 0 aliphatic heterocycles. The van der Waals surface area contributed by atoms with Gasteiger partial charge in [0.15, 0.2) is 0 Å². The number of halogens is 1. The van der Waals surface area contributed by atoms with Crippen molar-refractivity contribution < 1.29 is 14.3 Å². The second kappa shape index (κ2) is 11.7. The molecular weight excluding hydrogens is 472 g/mol. The van der Waals surface area contributed by atoms with Crippen molar-refractivity contribution in [2.45, 2.75) is 46.2 Å². The minimum absolute atomic E-state index is 0.0559. The Morgan fingerprint density at radius 1 is 1.17 bits per heavy atom. The quantitative estimate of drug-likeness (QED) is 0.452. The van der Waals surface area contributed by atoms with Crippen LogP contribution in [0, 0.1) is 6.92 Å². The first kappa shape index (κ1) is 26.0. The van der Waals surface area contributed by atoms with Crippen molar-refractivity contribution in [2.75, 3.05) is 13.7 Å². The summed E-state index contributed by atoms with van der Waals surface area (Å²) in [5, 5.41) is 0.368. The number of aromatic nitrogens is 3. The first-order valence-electron chi connectivity index (χ1n) is 11.3. The molecule has 0 saturated carbocycles. The third-order valence-electron chi connectivity index (χ3n) is 5.33. The Hall–Kier alpha value is -3.59. The molecule has 0 spiro atoms. The number of ether oxygens (including phenoxy) is 2. The zero-order chi connectivity index (χ0) is 25.5. The van der Waals surface area contributed by atoms with Gasteiger partial charge in [0.25, 0.3) is 0 Å². The average molecular weight is 501 g/mol. The third kappa shape index (κ3) is 6.51. The first-order chi connectivity index (χ1) is 16.7. The number of H-pyrrole nitrogens is 1. The molecule has 2 aromatic carbocycles. The molecule has 0 aliphatic rings. The van der Waals surface area contributed by atoms with Crippen LogP contribution in [-0.2, 0) is 16.1 Å². The van der Waals surface area contributed by atoms with E-state index in [1.54, 1.807) is 25.1 Å². The van der Waals surface area contributed by atoms with Crippen LogP contribution < -0.4 is 21.7 Å². The number of nitrogens with one attached hydrogen (secondary N) is 1. The normalized spacial score (nSPS) is 12.4. The zero-order valence-corrected chi connectivity index (χ0v) is 21.0. The number of hydrogen-bond acceptors (Lipinski definition) is 6. The fraction of sp³-hybridized carbons (Fsp3) is 0.360. The lowest BCUT2D eigenvalue weighted by Crippen LogP contribution is -2.51. The highest BCUT2D eigenvalue weighted by Gasteiger charge is 2.18. The molecule has 35 heavy (non-hydrogen) atoms. The minimum Gasteiger partial charge on any atom is -0.492 e. The molecule has 0 aliphatic carbocycles. The van der Waals surface area contributed by atoms with E-state index in [-0.39, 0.29) is 18.6 Å². The number of rotatable bonds is 9. The number of aryl methyl sites for hydroxylation is 1. The van der Waals surface area contributed by atoms with Crippen molar-refractivity contribution >= 4 is 23.3 Å². The van der Waals surface area contributed by atoms with E-state index in [1.165, 1.54) is 11.7 Å². The third-order valence-corrected chi connectivity index (χ3v) is 5.63. The Bertz CT molecular complexity index is 1370. The molecule has 0 amide bonds. The number of methoxy groups -OCH3 is 1. The van der Waals surface area contributed by atoms with Crippen molar-refractivity contribution in [1.82, 2.24) is 14.1 Å². The molecule has 0 radical (unpaired) electrons. The van der Waals surface area contributed by atoms with E-state index >= 15 is 0 Å². The number of benzene rings is 2. The van der Waals surface area contributed by atoms with Gasteiger partial charge in [-0.05, 0) is 44.0 Å². The van der Waals surface area contributed by atoms with E-state index < -0.39 is 23.4 Å². The van der Waals surface area contributed by atoms with Crippen LogP contribution in [0.1, 0.15) is 43.9 Å². The summed E-state index contributed by atoms with van der Waals surface area (Å²) in [7, 11) is 1.26. The van der Waals surface area contributed by atoms with Crippen molar-refractivity contribution in [1.29, 1.82) is 0 Å². The Morgan fingerprint density at radius 2 is 1.89 bits per heavy atom. The summed E-state index contributed by atoms with van der Waals surface area (Å²) >= 11 is 6.33. The van der Waals surface area contributed by atoms with Crippen LogP contribution in [0.3, 0.4) is 0 Å². The van der Waals surface area contributed by atoms with Crippen LogP contribution in [-0.4, -0.2) is 33.8 Å². The number of aromatic amines is 1. The molecule has 1 N–H and O–H groups in total. The summed E-state index contributed by atoms with van der Waals surface area (Å²) in [5.74, 6) is 0.00298. The number of nitrogens with zero attached hydrogens (tertiary/aromatic N) is 3. The molecule has 10 heteroatoms. The maximum atomic E-state index is 13.5. The van der Waals surface area contributed by atoms with Gasteiger partial charge in [0.05, 0.1) is 43.4 Å². The smallest absolute Gasteiger partial charge is 0.335 e. The van der Waals surface area contributed by atoms with Crippen molar-refractivity contribution in [2.24, 2.45) is 4.99 Å². The van der Waals surface area contributed by atoms with Gasteiger partial charge in [0, 0.05) is 0 Å². The molecule has 0 saturated heterocycles. The molecule has 9 nitrogen and oxygen atoms in total. The highest BCUT2D eigenvalue weighted by Crippen LogP contribution is 2.28. The monoisotopic (exact) mass is 500 g/mol. The number of carbonyl (C=O) groups excluding carboxylic acids is 1. The van der Waals surface area contributed by atoms with E-state index in [2.05, 4.69) is 9.98 Å². The van der Waals surface area contributed by atoms with E-state index in [0.717, 1.165) is 22.1 Å². The van der Waals surface area contributed by atoms with Crippen LogP contribution in [0.4, 0.5) is 5.69 Å². The minimum atomic E-state index is -0.721. The molecule has 0 bridgehead atoms. The fourth-order valence-corrected chi connectivity index (χ4v) is 3.68. The highest BCUT2D eigenvalue weighted by atomic mass is 35.5. The van der Waals surface area contributed by atoms with Gasteiger partial charge in [0.2, 0.25) is 5.62 Å². The lowest BCUT2D eigenvalue weighted by molar-refractivity contribution is -0.141. The Balaban J connectivity index is 2.15. The van der Waals surface area contributed by atoms with Gasteiger partial charge in [-0.2, -0.15) is 0 Å². The summed E-state index contributed by atoms with van der Waals surface area (Å²) in [6.07, 6.45) is 0.711. The van der Waals surface area contributed by atoms with Crippen molar-refractivity contribution in [3.05, 3.63) is 85.2 Å². The van der Waals surface area contributed by atoms with Gasteiger partial charge < -0.3 is 9.47 Å². The fourth-order valence-electron chi connectivity index (χ4n) is 3.45. The molecule has 1 aromatic heterocycles. The molecule has 3 rings (SSSR count). The molecule has 0 unspecified atom stereocenters. The van der Waals surface area contributed by atoms with Gasteiger partial charge in [-0.25, -0.2) is 19.1 Å². The van der Waals surface area contributed by atoms with Crippen LogP contribution >= 0.6 is 11.6 Å². The van der Waals surface area contributed by atoms with Crippen molar-refractivity contribution in [3.8, 4) is 5.75 Å². The standard InChI is InChI=1S/C25H29ClN4O5/c1-5-12-35-21-11-10-19(14-20(21)26)27-23-28-24(32)30(17(3)13-22(31)34-4)25(33)29(23)15-18-8-6-16(2)7-9-18/h6-11,14,17H,5,12-13,15H2,1-4H3,(H,27,28,32)/t17-/m1/s1. The first-order valence-corrected chi connectivity index (χ1v) is 11.7. The Morgan fingerprint density at radius 3 is 2.51 bits per heavy atom. The maximum Gasteiger partial charge on any atom is 0.335 e. The van der Waals surface area contributed by atoms with Crippen molar-refractivity contribution in [3.63, 3.8) is 0 Å². The SMILES string of the molecule is CCCOc1ccc(/N=c2\[nH]c(=O)n([C@H](C)CC(=O)OC)c(=O)n2Cc2ccc(C)cc2)cc1Cl. The number of esters is 1. The van der Waals surface area contributed by atoms with Gasteiger partial charge in [0.1, 0.15) is 5.75 Å². The second-order valence-corrected chi connectivity index (χ2v) is 8.59. The van der Waals surface area contributed by atoms with Gasteiger partial charge in [-0.15, -0.1) is 0 Å². The summed E-state index contributed by atoms with van der Waals surface area (Å²) in [6.45, 7) is 6.26. The molecule has 1 atom stereocenters. The summed E-state index contributed by atoms with van der Waals surface area (Å²) < 4.78 is 12.6. The maximum absolute atomic E-state index is 13.5. The molecule has 0 fully saturated rings. The van der Waals surface area contributed by atoms with E-state index in [0.29, 0.717) is 23.1 Å². The van der Waals surface area contributed by atoms with Gasteiger partial charge >= 0.3 is 17.3 Å². The lowest BCUT2D eigenvalue weighted by Gasteiger charge is -2.16. The topological polar surface area (TPSA) is 108 Å². The van der Waals surface area contributed by atoms with E-state index in [4.69, 9.17) is 21.1 Å². The summed E-state index contributed by atoms with van der Waals surface area (Å²) in [4.78, 5) is 45.3. The Labute approximate surface area is 207 Å². The van der Waals surface area contributed by atoms with Crippen LogP contribution in [0.15, 0.2) is 57.0 Å². The van der Waals surface area contributed by atoms with E-state index in [9.17, 15) is 14.4 Å². The van der Waals surface area contributed by atoms with Gasteiger partial charge in [-0.3, -0.25) is 14.3 Å². The zero-order valence-electron chi connectivity index (χ0n) is 20.2. The van der Waals surface area contributed by atoms with Crippen LogP contribution in [0.2, 0.25) is 5.02 Å². The summed E-state index contributed by atoms with van der Waals surface area (Å²) in [5.41, 5.74) is 1.13. The van der Waals surface area contributed by atoms with Gasteiger partial charge in [-0.1, -0.05) is 48.4 Å². The molecular formula is C25H29ClN4O5. The lowest BCUT2D eigenvalue weighted by atomic mass is 10.1. The average Bonchev–Trinajstić information content (AvgIpc) is 2.82. The largest absolute Gasteiger partial charge is 0.492 e. The molecule has 3 aromatic rings. The number of hydrogen-bond donors (Lipinski definition) is 1. The predicted octanol–water partition coefficient (Wildman–Crippen LogP) is 3.49. The predicted molar refractivity (Wildman–Crippen MR) is 133 cm³/mol. The summed E-state index contributed by atoms with van der Waals surface area (Å²) in [6, 6.07) is 11.9. The molecule has 186 valence electrons. The second-order valence-electron chi connectivity index (χ2n) is 8.18.